The number of hydrogen-bond donors (Lipinski definition) is 1. The molecule has 2 aromatic rings. The average Bonchev–Trinajstić information content (AvgIpc) is 2.57. The zero-order valence-corrected chi connectivity index (χ0v) is 10.4. The second-order valence-corrected chi connectivity index (χ2v) is 4.68. The number of aryl methyl sites for hydroxylation is 2. The second kappa shape index (κ2) is 4.30. The number of anilines is 2. The van der Waals surface area contributed by atoms with Crippen molar-refractivity contribution in [2.75, 3.05) is 5.32 Å². The first-order valence-corrected chi connectivity index (χ1v) is 6.23. The number of para-hydroxylation sites is 2. The van der Waals surface area contributed by atoms with Crippen LogP contribution in [-0.4, -0.2) is 5.78 Å². The van der Waals surface area contributed by atoms with Gasteiger partial charge in [0.1, 0.15) is 0 Å². The average molecular weight is 237 g/mol. The van der Waals surface area contributed by atoms with Crippen molar-refractivity contribution in [2.24, 2.45) is 0 Å². The third-order valence-corrected chi connectivity index (χ3v) is 3.47. The van der Waals surface area contributed by atoms with Gasteiger partial charge in [0.2, 0.25) is 0 Å². The number of nitrogens with one attached hydrogen (secondary N) is 1. The van der Waals surface area contributed by atoms with E-state index in [2.05, 4.69) is 29.6 Å². The van der Waals surface area contributed by atoms with Gasteiger partial charge in [0, 0.05) is 11.3 Å². The highest BCUT2D eigenvalue weighted by Crippen LogP contribution is 2.32. The van der Waals surface area contributed by atoms with Gasteiger partial charge in [-0.1, -0.05) is 30.3 Å². The Morgan fingerprint density at radius 1 is 1.00 bits per heavy atom. The minimum atomic E-state index is 0.110. The van der Waals surface area contributed by atoms with E-state index in [0.29, 0.717) is 0 Å². The summed E-state index contributed by atoms with van der Waals surface area (Å²) in [5, 5.41) is 3.43. The Morgan fingerprint density at radius 3 is 2.56 bits per heavy atom. The summed E-state index contributed by atoms with van der Waals surface area (Å²) in [6.07, 6.45) is 1.98. The Bertz CT molecular complexity index is 616. The van der Waals surface area contributed by atoms with Crippen LogP contribution in [0.25, 0.3) is 0 Å². The van der Waals surface area contributed by atoms with Crippen molar-refractivity contribution >= 4 is 17.2 Å². The molecule has 1 aliphatic rings. The van der Waals surface area contributed by atoms with E-state index >= 15 is 0 Å². The number of fused-ring (bicyclic) bond motifs is 2. The van der Waals surface area contributed by atoms with Crippen LogP contribution in [0.1, 0.15) is 28.4 Å². The number of carbonyl (C=O) groups excluding carboxylic acids is 1. The van der Waals surface area contributed by atoms with Gasteiger partial charge in [-0.15, -0.1) is 0 Å². The summed E-state index contributed by atoms with van der Waals surface area (Å²) in [5.41, 5.74) is 5.41. The van der Waals surface area contributed by atoms with Gasteiger partial charge in [0.15, 0.2) is 5.78 Å². The molecular weight excluding hydrogens is 222 g/mol. The molecule has 18 heavy (non-hydrogen) atoms. The van der Waals surface area contributed by atoms with E-state index < -0.39 is 0 Å². The molecule has 0 aromatic heterocycles. The first kappa shape index (κ1) is 11.0. The van der Waals surface area contributed by atoms with Crippen LogP contribution in [0.4, 0.5) is 11.4 Å². The third-order valence-electron chi connectivity index (χ3n) is 3.47. The molecule has 1 heterocycles. The second-order valence-electron chi connectivity index (χ2n) is 4.68. The number of ketones is 1. The van der Waals surface area contributed by atoms with E-state index in [4.69, 9.17) is 0 Å². The van der Waals surface area contributed by atoms with Gasteiger partial charge >= 0.3 is 0 Å². The maximum atomic E-state index is 11.7. The van der Waals surface area contributed by atoms with E-state index in [9.17, 15) is 4.79 Å². The van der Waals surface area contributed by atoms with Gasteiger partial charge in [-0.3, -0.25) is 4.79 Å². The highest BCUT2D eigenvalue weighted by Gasteiger charge is 2.16. The summed E-state index contributed by atoms with van der Waals surface area (Å²) < 4.78 is 0. The van der Waals surface area contributed by atoms with Crippen LogP contribution in [0.2, 0.25) is 0 Å². The maximum Gasteiger partial charge on any atom is 0.161 e. The third kappa shape index (κ3) is 1.80. The van der Waals surface area contributed by atoms with Gasteiger partial charge in [0.25, 0.3) is 0 Å². The van der Waals surface area contributed by atoms with Crippen molar-refractivity contribution < 1.29 is 4.79 Å². The number of hydrogen-bond acceptors (Lipinski definition) is 2. The van der Waals surface area contributed by atoms with Crippen LogP contribution in [-0.2, 0) is 12.8 Å². The zero-order valence-electron chi connectivity index (χ0n) is 10.4. The van der Waals surface area contributed by atoms with Crippen LogP contribution in [0.5, 0.6) is 0 Å². The molecule has 1 N–H and O–H groups in total. The number of carbonyl (C=O) groups is 1. The summed E-state index contributed by atoms with van der Waals surface area (Å²) in [7, 11) is 0. The van der Waals surface area contributed by atoms with Crippen LogP contribution >= 0.6 is 0 Å². The molecule has 0 fully saturated rings. The largest absolute Gasteiger partial charge is 0.354 e. The van der Waals surface area contributed by atoms with Crippen LogP contribution < -0.4 is 5.32 Å². The van der Waals surface area contributed by atoms with Gasteiger partial charge in [-0.05, 0) is 43.0 Å². The van der Waals surface area contributed by atoms with Crippen molar-refractivity contribution in [2.45, 2.75) is 19.8 Å². The Morgan fingerprint density at radius 2 is 1.72 bits per heavy atom. The van der Waals surface area contributed by atoms with Gasteiger partial charge < -0.3 is 5.32 Å². The van der Waals surface area contributed by atoms with Crippen molar-refractivity contribution in [3.8, 4) is 0 Å². The lowest BCUT2D eigenvalue weighted by Crippen LogP contribution is -2.02. The molecule has 0 radical (unpaired) electrons. The molecule has 0 aliphatic carbocycles. The molecule has 0 bridgehead atoms. The molecule has 2 aromatic carbocycles. The fourth-order valence-corrected chi connectivity index (χ4v) is 2.51. The highest BCUT2D eigenvalue weighted by atomic mass is 16.1. The summed E-state index contributed by atoms with van der Waals surface area (Å²) in [6, 6.07) is 14.2. The minimum Gasteiger partial charge on any atom is -0.354 e. The molecule has 2 nitrogen and oxygen atoms in total. The molecular formula is C16H15NO. The molecule has 0 amide bonds. The molecule has 0 atom stereocenters. The van der Waals surface area contributed by atoms with E-state index in [1.165, 1.54) is 11.1 Å². The minimum absolute atomic E-state index is 0.110. The molecule has 90 valence electrons. The Kier molecular flexibility index (Phi) is 2.63. The van der Waals surface area contributed by atoms with Crippen molar-refractivity contribution in [3.63, 3.8) is 0 Å². The molecule has 0 saturated heterocycles. The molecule has 0 unspecified atom stereocenters. The molecule has 2 heteroatoms. The number of Topliss-reactive ketones (excluding diaryl/α,β-unsaturated/α-hetero) is 1. The van der Waals surface area contributed by atoms with Crippen molar-refractivity contribution in [1.82, 2.24) is 0 Å². The highest BCUT2D eigenvalue weighted by molar-refractivity contribution is 6.01. The maximum absolute atomic E-state index is 11.7. The molecule has 3 rings (SSSR count). The standard InChI is InChI=1S/C16H15NO/c1-11(18)14-7-4-6-13-10-9-12-5-2-3-8-15(12)17-16(13)14/h2-8,17H,9-10H2,1H3. The molecule has 1 aliphatic heterocycles. The van der Waals surface area contributed by atoms with Gasteiger partial charge in [-0.25, -0.2) is 0 Å². The lowest BCUT2D eigenvalue weighted by atomic mass is 10.0. The SMILES string of the molecule is CC(=O)c1cccc2c1Nc1ccccc1CC2. The monoisotopic (exact) mass is 237 g/mol. The van der Waals surface area contributed by atoms with Crippen molar-refractivity contribution in [1.29, 1.82) is 0 Å². The van der Waals surface area contributed by atoms with Gasteiger partial charge in [-0.2, -0.15) is 0 Å². The van der Waals surface area contributed by atoms with E-state index in [1.54, 1.807) is 6.92 Å². The van der Waals surface area contributed by atoms with E-state index in [-0.39, 0.29) is 5.78 Å². The molecule has 0 saturated carbocycles. The fourth-order valence-electron chi connectivity index (χ4n) is 2.51. The van der Waals surface area contributed by atoms with Crippen LogP contribution in [0.15, 0.2) is 42.5 Å². The first-order valence-electron chi connectivity index (χ1n) is 6.23. The fraction of sp³-hybridized carbons (Fsp3) is 0.188. The zero-order chi connectivity index (χ0) is 12.5. The topological polar surface area (TPSA) is 29.1 Å². The smallest absolute Gasteiger partial charge is 0.161 e. The van der Waals surface area contributed by atoms with Crippen LogP contribution in [0, 0.1) is 0 Å². The quantitative estimate of drug-likeness (QED) is 0.766. The molecule has 0 spiro atoms. The van der Waals surface area contributed by atoms with E-state index in [0.717, 1.165) is 29.8 Å². The first-order chi connectivity index (χ1) is 8.75. The predicted molar refractivity (Wildman–Crippen MR) is 73.6 cm³/mol. The Hall–Kier alpha value is -2.09. The van der Waals surface area contributed by atoms with Crippen LogP contribution in [0.3, 0.4) is 0 Å². The normalized spacial score (nSPS) is 12.9. The summed E-state index contributed by atoms with van der Waals surface area (Å²) in [4.78, 5) is 11.7. The summed E-state index contributed by atoms with van der Waals surface area (Å²) in [5.74, 6) is 0.110. The van der Waals surface area contributed by atoms with Crippen molar-refractivity contribution in [3.05, 3.63) is 59.2 Å². The Labute approximate surface area is 107 Å². The van der Waals surface area contributed by atoms with E-state index in [1.807, 2.05) is 18.2 Å². The predicted octanol–water partition coefficient (Wildman–Crippen LogP) is 3.73. The number of benzene rings is 2. The summed E-state index contributed by atoms with van der Waals surface area (Å²) >= 11 is 0. The Balaban J connectivity index is 2.15. The summed E-state index contributed by atoms with van der Waals surface area (Å²) in [6.45, 7) is 1.62. The number of rotatable bonds is 1. The lowest BCUT2D eigenvalue weighted by molar-refractivity contribution is 0.101. The lowest BCUT2D eigenvalue weighted by Gasteiger charge is -2.13. The van der Waals surface area contributed by atoms with Gasteiger partial charge in [0.05, 0.1) is 5.69 Å².